The fraction of sp³-hybridized carbons (Fsp3) is 0.412. The molecule has 5 heteroatoms. The Kier molecular flexibility index (Phi) is 4.89. The molecule has 3 nitrogen and oxygen atoms in total. The molecule has 0 radical (unpaired) electrons. The minimum atomic E-state index is 0.761. The standard InChI is InChI=1S/C17H20ClN3S/c1-3-4-5-6-9-22-17-20-19-16-10-12(2)14-11-13(18)7-8-15(14)21(16)17/h7-8,10-11H,3-6,9H2,1-2H3. The van der Waals surface area contributed by atoms with Crippen LogP contribution in [0.2, 0.25) is 5.02 Å². The highest BCUT2D eigenvalue weighted by Gasteiger charge is 2.11. The van der Waals surface area contributed by atoms with Gasteiger partial charge in [0.1, 0.15) is 0 Å². The van der Waals surface area contributed by atoms with E-state index in [9.17, 15) is 0 Å². The molecule has 0 spiro atoms. The van der Waals surface area contributed by atoms with Crippen LogP contribution in [0.3, 0.4) is 0 Å². The van der Waals surface area contributed by atoms with Crippen LogP contribution in [0.15, 0.2) is 29.4 Å². The van der Waals surface area contributed by atoms with E-state index >= 15 is 0 Å². The fourth-order valence-electron chi connectivity index (χ4n) is 2.68. The zero-order chi connectivity index (χ0) is 15.5. The van der Waals surface area contributed by atoms with Gasteiger partial charge < -0.3 is 0 Å². The maximum Gasteiger partial charge on any atom is 0.196 e. The first-order chi connectivity index (χ1) is 10.7. The number of halogens is 1. The molecule has 0 saturated heterocycles. The van der Waals surface area contributed by atoms with Gasteiger partial charge in [0, 0.05) is 16.2 Å². The normalized spacial score (nSPS) is 11.6. The molecule has 0 N–H and O–H groups in total. The molecule has 0 unspecified atom stereocenters. The molecule has 2 heterocycles. The number of nitrogens with zero attached hydrogens (tertiary/aromatic N) is 3. The molecule has 116 valence electrons. The number of hydrogen-bond donors (Lipinski definition) is 0. The Morgan fingerprint density at radius 1 is 1.14 bits per heavy atom. The van der Waals surface area contributed by atoms with E-state index in [-0.39, 0.29) is 0 Å². The van der Waals surface area contributed by atoms with E-state index in [1.54, 1.807) is 11.8 Å². The van der Waals surface area contributed by atoms with Crippen molar-refractivity contribution in [2.75, 3.05) is 5.75 Å². The van der Waals surface area contributed by atoms with Crippen LogP contribution in [0.25, 0.3) is 16.6 Å². The monoisotopic (exact) mass is 333 g/mol. The number of aryl methyl sites for hydroxylation is 1. The molecule has 1 aromatic carbocycles. The highest BCUT2D eigenvalue weighted by atomic mass is 35.5. The lowest BCUT2D eigenvalue weighted by Gasteiger charge is -2.08. The number of unbranched alkanes of at least 4 members (excludes halogenated alkanes) is 3. The van der Waals surface area contributed by atoms with Gasteiger partial charge in [0.2, 0.25) is 0 Å². The van der Waals surface area contributed by atoms with Crippen molar-refractivity contribution in [3.63, 3.8) is 0 Å². The Morgan fingerprint density at radius 2 is 2.00 bits per heavy atom. The van der Waals surface area contributed by atoms with Gasteiger partial charge in [-0.2, -0.15) is 0 Å². The van der Waals surface area contributed by atoms with Gasteiger partial charge in [0.15, 0.2) is 10.8 Å². The summed E-state index contributed by atoms with van der Waals surface area (Å²) in [5, 5.41) is 11.6. The lowest BCUT2D eigenvalue weighted by molar-refractivity contribution is 0.706. The molecule has 0 aliphatic heterocycles. The van der Waals surface area contributed by atoms with Crippen molar-refractivity contribution in [3.8, 4) is 0 Å². The maximum atomic E-state index is 6.14. The molecule has 0 saturated carbocycles. The predicted octanol–water partition coefficient (Wildman–Crippen LogP) is 5.52. The van der Waals surface area contributed by atoms with Crippen LogP contribution in [0.5, 0.6) is 0 Å². The molecule has 0 aliphatic carbocycles. The zero-order valence-electron chi connectivity index (χ0n) is 13.0. The molecule has 0 aliphatic rings. The Balaban J connectivity index is 1.95. The number of fused-ring (bicyclic) bond motifs is 3. The van der Waals surface area contributed by atoms with Crippen molar-refractivity contribution in [1.82, 2.24) is 14.6 Å². The Bertz CT molecular complexity index is 797. The highest BCUT2D eigenvalue weighted by molar-refractivity contribution is 7.99. The van der Waals surface area contributed by atoms with E-state index in [4.69, 9.17) is 11.6 Å². The number of rotatable bonds is 6. The van der Waals surface area contributed by atoms with Gasteiger partial charge in [-0.15, -0.1) is 10.2 Å². The summed E-state index contributed by atoms with van der Waals surface area (Å²) in [7, 11) is 0. The average Bonchev–Trinajstić information content (AvgIpc) is 2.90. The van der Waals surface area contributed by atoms with E-state index in [1.165, 1.54) is 31.2 Å². The van der Waals surface area contributed by atoms with Crippen LogP contribution >= 0.6 is 23.4 Å². The number of hydrogen-bond acceptors (Lipinski definition) is 3. The summed E-state index contributed by atoms with van der Waals surface area (Å²) in [5.41, 5.74) is 3.21. The first-order valence-corrected chi connectivity index (χ1v) is 9.14. The SMILES string of the molecule is CCCCCCSc1nnc2cc(C)c3cc(Cl)ccc3n12. The summed E-state index contributed by atoms with van der Waals surface area (Å²) in [6.07, 6.45) is 5.09. The summed E-state index contributed by atoms with van der Waals surface area (Å²) in [4.78, 5) is 0. The lowest BCUT2D eigenvalue weighted by Crippen LogP contribution is -1.94. The van der Waals surface area contributed by atoms with E-state index in [0.717, 1.165) is 32.5 Å². The summed E-state index contributed by atoms with van der Waals surface area (Å²) >= 11 is 7.93. The topological polar surface area (TPSA) is 30.2 Å². The number of thioether (sulfide) groups is 1. The quantitative estimate of drug-likeness (QED) is 0.439. The van der Waals surface area contributed by atoms with Crippen molar-refractivity contribution in [3.05, 3.63) is 34.9 Å². The molecular formula is C17H20ClN3S. The largest absolute Gasteiger partial charge is 0.270 e. The lowest BCUT2D eigenvalue weighted by atomic mass is 10.1. The molecule has 22 heavy (non-hydrogen) atoms. The summed E-state index contributed by atoms with van der Waals surface area (Å²) < 4.78 is 2.14. The van der Waals surface area contributed by atoms with Gasteiger partial charge in [-0.3, -0.25) is 4.40 Å². The molecule has 3 aromatic rings. The smallest absolute Gasteiger partial charge is 0.196 e. The molecule has 0 amide bonds. The third kappa shape index (κ3) is 3.08. The van der Waals surface area contributed by atoms with E-state index < -0.39 is 0 Å². The minimum absolute atomic E-state index is 0.761. The molecule has 2 aromatic heterocycles. The fourth-order valence-corrected chi connectivity index (χ4v) is 3.80. The predicted molar refractivity (Wildman–Crippen MR) is 95.1 cm³/mol. The van der Waals surface area contributed by atoms with Gasteiger partial charge in [-0.1, -0.05) is 49.5 Å². The maximum absolute atomic E-state index is 6.14. The number of benzene rings is 1. The van der Waals surface area contributed by atoms with E-state index in [0.29, 0.717) is 0 Å². The van der Waals surface area contributed by atoms with Gasteiger partial charge in [0.25, 0.3) is 0 Å². The first-order valence-electron chi connectivity index (χ1n) is 7.77. The zero-order valence-corrected chi connectivity index (χ0v) is 14.5. The van der Waals surface area contributed by atoms with Crippen LogP contribution < -0.4 is 0 Å². The first kappa shape index (κ1) is 15.6. The average molecular weight is 334 g/mol. The molecule has 0 atom stereocenters. The molecular weight excluding hydrogens is 314 g/mol. The van der Waals surface area contributed by atoms with Crippen molar-refractivity contribution < 1.29 is 0 Å². The van der Waals surface area contributed by atoms with Gasteiger partial charge in [-0.25, -0.2) is 0 Å². The van der Waals surface area contributed by atoms with Gasteiger partial charge >= 0.3 is 0 Å². The van der Waals surface area contributed by atoms with Crippen LogP contribution in [0.4, 0.5) is 0 Å². The summed E-state index contributed by atoms with van der Waals surface area (Å²) in [6, 6.07) is 8.08. The Hall–Kier alpha value is -1.26. The van der Waals surface area contributed by atoms with Crippen molar-refractivity contribution in [2.45, 2.75) is 44.7 Å². The Labute approximate surface area is 140 Å². The van der Waals surface area contributed by atoms with E-state index in [1.807, 2.05) is 12.1 Å². The van der Waals surface area contributed by atoms with Crippen LogP contribution in [-0.4, -0.2) is 20.4 Å². The van der Waals surface area contributed by atoms with Gasteiger partial charge in [0.05, 0.1) is 5.52 Å². The van der Waals surface area contributed by atoms with Crippen molar-refractivity contribution in [1.29, 1.82) is 0 Å². The third-order valence-corrected chi connectivity index (χ3v) is 5.11. The summed E-state index contributed by atoms with van der Waals surface area (Å²) in [5.74, 6) is 1.09. The molecule has 0 bridgehead atoms. The minimum Gasteiger partial charge on any atom is -0.270 e. The molecule has 0 fully saturated rings. The van der Waals surface area contributed by atoms with Crippen LogP contribution in [-0.2, 0) is 0 Å². The van der Waals surface area contributed by atoms with Crippen molar-refractivity contribution in [2.24, 2.45) is 0 Å². The van der Waals surface area contributed by atoms with Crippen LogP contribution in [0, 0.1) is 6.92 Å². The number of pyridine rings is 1. The highest BCUT2D eigenvalue weighted by Crippen LogP contribution is 2.28. The van der Waals surface area contributed by atoms with Crippen molar-refractivity contribution >= 4 is 39.9 Å². The second kappa shape index (κ2) is 6.88. The second-order valence-electron chi connectivity index (χ2n) is 5.57. The van der Waals surface area contributed by atoms with Crippen LogP contribution in [0.1, 0.15) is 38.2 Å². The van der Waals surface area contributed by atoms with E-state index in [2.05, 4.69) is 40.6 Å². The second-order valence-corrected chi connectivity index (χ2v) is 7.07. The number of aromatic nitrogens is 3. The molecule has 3 rings (SSSR count). The third-order valence-electron chi connectivity index (χ3n) is 3.86. The Morgan fingerprint density at radius 3 is 2.82 bits per heavy atom. The van der Waals surface area contributed by atoms with Gasteiger partial charge in [-0.05, 0) is 43.2 Å². The summed E-state index contributed by atoms with van der Waals surface area (Å²) in [6.45, 7) is 4.32.